The van der Waals surface area contributed by atoms with Gasteiger partial charge >= 0.3 is 0 Å². The Balaban J connectivity index is 2.14. The first-order valence-corrected chi connectivity index (χ1v) is 6.83. The van der Waals surface area contributed by atoms with Gasteiger partial charge in [-0.25, -0.2) is 4.98 Å². The van der Waals surface area contributed by atoms with Gasteiger partial charge in [0.15, 0.2) is 0 Å². The molecule has 1 N–H and O–H groups in total. The molecule has 0 atom stereocenters. The molecule has 1 aliphatic rings. The molecular weight excluding hydrogens is 210 g/mol. The summed E-state index contributed by atoms with van der Waals surface area (Å²) in [4.78, 5) is 4.53. The Morgan fingerprint density at radius 1 is 1.29 bits per heavy atom. The molecule has 1 aromatic heterocycles. The van der Waals surface area contributed by atoms with E-state index in [9.17, 15) is 0 Å². The van der Waals surface area contributed by atoms with Crippen LogP contribution in [0.4, 0.5) is 0 Å². The van der Waals surface area contributed by atoms with Gasteiger partial charge in [-0.3, -0.25) is 0 Å². The number of nitrogens with one attached hydrogen (secondary N) is 1. The minimum Gasteiger partial charge on any atom is -0.334 e. The van der Waals surface area contributed by atoms with Crippen molar-refractivity contribution in [2.75, 3.05) is 6.54 Å². The summed E-state index contributed by atoms with van der Waals surface area (Å²) >= 11 is 0. The lowest BCUT2D eigenvalue weighted by molar-refractivity contribution is 0.249. The highest BCUT2D eigenvalue weighted by atomic mass is 15.1. The third-order valence-corrected chi connectivity index (χ3v) is 3.98. The smallest absolute Gasteiger partial charge is 0.0952 e. The van der Waals surface area contributed by atoms with E-state index in [1.54, 1.807) is 0 Å². The Morgan fingerprint density at radius 2 is 2.00 bits per heavy atom. The van der Waals surface area contributed by atoms with Gasteiger partial charge in [0.1, 0.15) is 0 Å². The van der Waals surface area contributed by atoms with Crippen LogP contribution in [0.15, 0.2) is 6.33 Å². The number of nitrogens with zero attached hydrogens (tertiary/aromatic N) is 2. The van der Waals surface area contributed by atoms with Crippen molar-refractivity contribution in [3.05, 3.63) is 17.7 Å². The summed E-state index contributed by atoms with van der Waals surface area (Å²) in [7, 11) is 0. The molecule has 0 radical (unpaired) electrons. The first-order chi connectivity index (χ1) is 8.09. The Morgan fingerprint density at radius 3 is 2.65 bits per heavy atom. The summed E-state index contributed by atoms with van der Waals surface area (Å²) < 4.78 is 2.39. The zero-order valence-corrected chi connectivity index (χ0v) is 11.5. The SMILES string of the molecule is CC(C)C(Cn1cnc2c1CCNC2)C(C)C. The van der Waals surface area contributed by atoms with E-state index in [1.807, 2.05) is 6.33 Å². The van der Waals surface area contributed by atoms with Gasteiger partial charge in [-0.05, 0) is 17.8 Å². The summed E-state index contributed by atoms with van der Waals surface area (Å²) in [6.45, 7) is 12.5. The second-order valence-corrected chi connectivity index (χ2v) is 5.87. The van der Waals surface area contributed by atoms with E-state index >= 15 is 0 Å². The van der Waals surface area contributed by atoms with Crippen LogP contribution in [0.25, 0.3) is 0 Å². The first-order valence-electron chi connectivity index (χ1n) is 6.83. The largest absolute Gasteiger partial charge is 0.334 e. The highest BCUT2D eigenvalue weighted by Gasteiger charge is 2.21. The van der Waals surface area contributed by atoms with E-state index in [1.165, 1.54) is 11.4 Å². The monoisotopic (exact) mass is 235 g/mol. The molecular formula is C14H25N3. The number of aromatic nitrogens is 2. The average molecular weight is 235 g/mol. The van der Waals surface area contributed by atoms with Crippen molar-refractivity contribution in [3.63, 3.8) is 0 Å². The molecule has 0 aromatic carbocycles. The van der Waals surface area contributed by atoms with Gasteiger partial charge in [0.05, 0.1) is 12.0 Å². The Bertz CT molecular complexity index is 358. The Labute approximate surface area is 105 Å². The second kappa shape index (κ2) is 5.21. The Kier molecular flexibility index (Phi) is 3.87. The lowest BCUT2D eigenvalue weighted by atomic mass is 9.85. The molecule has 1 aromatic rings. The number of hydrogen-bond acceptors (Lipinski definition) is 2. The molecule has 0 saturated heterocycles. The third-order valence-electron chi connectivity index (χ3n) is 3.98. The quantitative estimate of drug-likeness (QED) is 0.869. The highest BCUT2D eigenvalue weighted by Crippen LogP contribution is 2.24. The first kappa shape index (κ1) is 12.6. The summed E-state index contributed by atoms with van der Waals surface area (Å²) in [6, 6.07) is 0. The van der Waals surface area contributed by atoms with Crippen LogP contribution >= 0.6 is 0 Å². The second-order valence-electron chi connectivity index (χ2n) is 5.87. The fourth-order valence-electron chi connectivity index (χ4n) is 2.87. The van der Waals surface area contributed by atoms with Crippen molar-refractivity contribution in [1.82, 2.24) is 14.9 Å². The molecule has 0 spiro atoms. The number of fused-ring (bicyclic) bond motifs is 1. The van der Waals surface area contributed by atoms with Gasteiger partial charge in [-0.1, -0.05) is 27.7 Å². The fourth-order valence-corrected chi connectivity index (χ4v) is 2.87. The van der Waals surface area contributed by atoms with Gasteiger partial charge in [0.25, 0.3) is 0 Å². The van der Waals surface area contributed by atoms with Crippen molar-refractivity contribution in [2.45, 2.75) is 47.2 Å². The van der Waals surface area contributed by atoms with E-state index in [-0.39, 0.29) is 0 Å². The highest BCUT2D eigenvalue weighted by molar-refractivity contribution is 5.16. The Hall–Kier alpha value is -0.830. The van der Waals surface area contributed by atoms with Gasteiger partial charge in [-0.15, -0.1) is 0 Å². The zero-order valence-electron chi connectivity index (χ0n) is 11.5. The van der Waals surface area contributed by atoms with E-state index in [0.29, 0.717) is 0 Å². The lowest BCUT2D eigenvalue weighted by Crippen LogP contribution is -2.27. The summed E-state index contributed by atoms with van der Waals surface area (Å²) in [5.41, 5.74) is 2.71. The van der Waals surface area contributed by atoms with Crippen molar-refractivity contribution in [1.29, 1.82) is 0 Å². The number of hydrogen-bond donors (Lipinski definition) is 1. The molecule has 0 aliphatic carbocycles. The molecule has 0 saturated carbocycles. The summed E-state index contributed by atoms with van der Waals surface area (Å²) in [5, 5.41) is 3.38. The van der Waals surface area contributed by atoms with E-state index in [2.05, 4.69) is 42.6 Å². The maximum Gasteiger partial charge on any atom is 0.0952 e. The van der Waals surface area contributed by atoms with Crippen molar-refractivity contribution in [2.24, 2.45) is 17.8 Å². The zero-order chi connectivity index (χ0) is 12.4. The van der Waals surface area contributed by atoms with E-state index in [0.717, 1.165) is 43.8 Å². The molecule has 0 fully saturated rings. The summed E-state index contributed by atoms with van der Waals surface area (Å²) in [6.07, 6.45) is 3.16. The van der Waals surface area contributed by atoms with Gasteiger partial charge in [-0.2, -0.15) is 0 Å². The molecule has 17 heavy (non-hydrogen) atoms. The van der Waals surface area contributed by atoms with Crippen LogP contribution in [0.1, 0.15) is 39.1 Å². The number of imidazole rings is 1. The van der Waals surface area contributed by atoms with Crippen molar-refractivity contribution < 1.29 is 0 Å². The van der Waals surface area contributed by atoms with E-state index in [4.69, 9.17) is 0 Å². The molecule has 0 unspecified atom stereocenters. The molecule has 3 nitrogen and oxygen atoms in total. The maximum atomic E-state index is 4.53. The van der Waals surface area contributed by atoms with Crippen LogP contribution in [0.5, 0.6) is 0 Å². The minimum absolute atomic E-state index is 0.731. The summed E-state index contributed by atoms with van der Waals surface area (Å²) in [5.74, 6) is 2.20. The molecule has 96 valence electrons. The van der Waals surface area contributed by atoms with E-state index < -0.39 is 0 Å². The molecule has 0 bridgehead atoms. The van der Waals surface area contributed by atoms with Crippen LogP contribution in [0.2, 0.25) is 0 Å². The predicted molar refractivity (Wildman–Crippen MR) is 70.8 cm³/mol. The molecule has 3 heteroatoms. The third kappa shape index (κ3) is 2.71. The van der Waals surface area contributed by atoms with Crippen LogP contribution in [0, 0.1) is 17.8 Å². The van der Waals surface area contributed by atoms with Gasteiger partial charge in [0, 0.05) is 31.7 Å². The standard InChI is InChI=1S/C14H25N3/c1-10(2)12(11(3)4)8-17-9-16-13-7-15-6-5-14(13)17/h9-12,15H,5-8H2,1-4H3. The fraction of sp³-hybridized carbons (Fsp3) is 0.786. The van der Waals surface area contributed by atoms with Crippen LogP contribution in [-0.2, 0) is 19.5 Å². The average Bonchev–Trinajstić information content (AvgIpc) is 2.68. The molecule has 2 rings (SSSR count). The van der Waals surface area contributed by atoms with Crippen LogP contribution in [0.3, 0.4) is 0 Å². The van der Waals surface area contributed by atoms with Crippen LogP contribution in [-0.4, -0.2) is 16.1 Å². The molecule has 0 amide bonds. The van der Waals surface area contributed by atoms with Crippen LogP contribution < -0.4 is 5.32 Å². The minimum atomic E-state index is 0.731. The van der Waals surface area contributed by atoms with Crippen molar-refractivity contribution >= 4 is 0 Å². The van der Waals surface area contributed by atoms with Crippen molar-refractivity contribution in [3.8, 4) is 0 Å². The molecule has 1 aliphatic heterocycles. The maximum absolute atomic E-state index is 4.53. The number of rotatable bonds is 4. The predicted octanol–water partition coefficient (Wildman–Crippen LogP) is 2.46. The normalized spacial score (nSPS) is 15.9. The molecule has 2 heterocycles. The van der Waals surface area contributed by atoms with Gasteiger partial charge in [0.2, 0.25) is 0 Å². The van der Waals surface area contributed by atoms with Gasteiger partial charge < -0.3 is 9.88 Å². The topological polar surface area (TPSA) is 29.9 Å². The lowest BCUT2D eigenvalue weighted by Gasteiger charge is -2.26.